The molecule has 1 aliphatic heterocycles. The Morgan fingerprint density at radius 3 is 2.95 bits per heavy atom. The highest BCUT2D eigenvalue weighted by atomic mass is 16.5. The molecule has 3 nitrogen and oxygen atoms in total. The van der Waals surface area contributed by atoms with Gasteiger partial charge in [-0.25, -0.2) is 0 Å². The van der Waals surface area contributed by atoms with E-state index in [0.29, 0.717) is 0 Å². The third kappa shape index (κ3) is 1.93. The quantitative estimate of drug-likeness (QED) is 0.840. The van der Waals surface area contributed by atoms with Crippen LogP contribution in [0.25, 0.3) is 11.1 Å². The normalized spacial score (nSPS) is 13.4. The van der Waals surface area contributed by atoms with E-state index in [1.54, 1.807) is 0 Å². The number of hydrogen-bond acceptors (Lipinski definition) is 2. The minimum atomic E-state index is 0.799. The number of nitrogens with zero attached hydrogens (tertiary/aromatic N) is 2. The van der Waals surface area contributed by atoms with Crippen molar-refractivity contribution in [1.29, 1.82) is 0 Å². The Bertz CT molecular complexity index is 613. The zero-order valence-electron chi connectivity index (χ0n) is 11.9. The molecular formula is C16H20N2O. The minimum Gasteiger partial charge on any atom is -0.492 e. The van der Waals surface area contributed by atoms with Crippen LogP contribution in [0.4, 0.5) is 0 Å². The molecule has 2 heterocycles. The van der Waals surface area contributed by atoms with Crippen LogP contribution in [0.3, 0.4) is 0 Å². The van der Waals surface area contributed by atoms with Crippen molar-refractivity contribution in [3.05, 3.63) is 35.2 Å². The molecule has 1 aliphatic rings. The van der Waals surface area contributed by atoms with Crippen LogP contribution in [0.1, 0.15) is 30.3 Å². The molecule has 0 spiro atoms. The second kappa shape index (κ2) is 4.72. The van der Waals surface area contributed by atoms with Crippen molar-refractivity contribution in [2.24, 2.45) is 0 Å². The van der Waals surface area contributed by atoms with Crippen molar-refractivity contribution in [1.82, 2.24) is 9.78 Å². The molecule has 0 saturated heterocycles. The highest BCUT2D eigenvalue weighted by Gasteiger charge is 2.21. The maximum Gasteiger partial charge on any atom is 0.130 e. The van der Waals surface area contributed by atoms with Crippen molar-refractivity contribution in [2.45, 2.75) is 40.2 Å². The summed E-state index contributed by atoms with van der Waals surface area (Å²) in [6.07, 6.45) is 2.12. The van der Waals surface area contributed by atoms with Gasteiger partial charge in [-0.2, -0.15) is 5.10 Å². The summed E-state index contributed by atoms with van der Waals surface area (Å²) in [6, 6.07) is 6.43. The Hall–Kier alpha value is -1.77. The maximum absolute atomic E-state index is 5.83. The molecule has 0 radical (unpaired) electrons. The standard InChI is InChI=1S/C16H20N2O/c1-4-9-18-12(3)15(11(2)17-18)14-7-5-6-13-8-10-19-16(13)14/h5-7H,4,8-10H2,1-3H3. The first-order valence-electron chi connectivity index (χ1n) is 7.01. The molecule has 0 fully saturated rings. The first-order chi connectivity index (χ1) is 9.22. The SMILES string of the molecule is CCCn1nc(C)c(-c2cccc3c2OCC3)c1C. The molecule has 0 bridgehead atoms. The predicted octanol–water partition coefficient (Wildman–Crippen LogP) is 3.51. The average molecular weight is 256 g/mol. The van der Waals surface area contributed by atoms with Gasteiger partial charge in [0.2, 0.25) is 0 Å². The van der Waals surface area contributed by atoms with Crippen molar-refractivity contribution >= 4 is 0 Å². The maximum atomic E-state index is 5.83. The van der Waals surface area contributed by atoms with E-state index in [9.17, 15) is 0 Å². The summed E-state index contributed by atoms with van der Waals surface area (Å²) in [6.45, 7) is 8.19. The molecule has 19 heavy (non-hydrogen) atoms. The summed E-state index contributed by atoms with van der Waals surface area (Å²) in [7, 11) is 0. The van der Waals surface area contributed by atoms with Crippen LogP contribution >= 0.6 is 0 Å². The Kier molecular flexibility index (Phi) is 3.05. The van der Waals surface area contributed by atoms with E-state index in [4.69, 9.17) is 4.74 Å². The van der Waals surface area contributed by atoms with E-state index < -0.39 is 0 Å². The molecule has 3 heteroatoms. The van der Waals surface area contributed by atoms with Gasteiger partial charge in [0.1, 0.15) is 5.75 Å². The molecule has 0 amide bonds. The lowest BCUT2D eigenvalue weighted by Crippen LogP contribution is -2.01. The van der Waals surface area contributed by atoms with Gasteiger partial charge in [-0.05, 0) is 25.8 Å². The molecule has 0 aliphatic carbocycles. The van der Waals surface area contributed by atoms with Gasteiger partial charge in [-0.15, -0.1) is 0 Å². The summed E-state index contributed by atoms with van der Waals surface area (Å²) in [5, 5.41) is 4.66. The molecule has 0 atom stereocenters. The third-order valence-electron chi connectivity index (χ3n) is 3.80. The van der Waals surface area contributed by atoms with Gasteiger partial charge >= 0.3 is 0 Å². The third-order valence-corrected chi connectivity index (χ3v) is 3.80. The van der Waals surface area contributed by atoms with E-state index in [2.05, 4.69) is 48.8 Å². The monoisotopic (exact) mass is 256 g/mol. The number of fused-ring (bicyclic) bond motifs is 1. The first-order valence-corrected chi connectivity index (χ1v) is 7.01. The molecular weight excluding hydrogens is 236 g/mol. The van der Waals surface area contributed by atoms with Crippen molar-refractivity contribution in [3.63, 3.8) is 0 Å². The number of para-hydroxylation sites is 1. The fourth-order valence-corrected chi connectivity index (χ4v) is 2.93. The topological polar surface area (TPSA) is 27.1 Å². The fourth-order valence-electron chi connectivity index (χ4n) is 2.93. The Morgan fingerprint density at radius 1 is 1.32 bits per heavy atom. The number of hydrogen-bond donors (Lipinski definition) is 0. The second-order valence-electron chi connectivity index (χ2n) is 5.16. The number of aryl methyl sites for hydroxylation is 2. The fraction of sp³-hybridized carbons (Fsp3) is 0.438. The highest BCUT2D eigenvalue weighted by molar-refractivity contribution is 5.76. The van der Waals surface area contributed by atoms with Crippen molar-refractivity contribution in [2.75, 3.05) is 6.61 Å². The number of ether oxygens (including phenoxy) is 1. The van der Waals surface area contributed by atoms with Crippen molar-refractivity contribution in [3.8, 4) is 16.9 Å². The molecule has 100 valence electrons. The van der Waals surface area contributed by atoms with Gasteiger partial charge in [-0.3, -0.25) is 4.68 Å². The molecule has 0 unspecified atom stereocenters. The number of rotatable bonds is 3. The Morgan fingerprint density at radius 2 is 2.16 bits per heavy atom. The molecule has 2 aromatic rings. The summed E-state index contributed by atoms with van der Waals surface area (Å²) in [5.74, 6) is 1.06. The van der Waals surface area contributed by atoms with Gasteiger partial charge in [0.15, 0.2) is 0 Å². The van der Waals surface area contributed by atoms with Gasteiger partial charge in [-0.1, -0.05) is 25.1 Å². The van der Waals surface area contributed by atoms with Gasteiger partial charge in [0.25, 0.3) is 0 Å². The Labute approximate surface area is 114 Å². The molecule has 1 aromatic heterocycles. The molecule has 0 N–H and O–H groups in total. The zero-order valence-corrected chi connectivity index (χ0v) is 11.9. The van der Waals surface area contributed by atoms with Crippen LogP contribution in [-0.4, -0.2) is 16.4 Å². The lowest BCUT2D eigenvalue weighted by molar-refractivity contribution is 0.358. The van der Waals surface area contributed by atoms with E-state index in [1.165, 1.54) is 22.4 Å². The van der Waals surface area contributed by atoms with E-state index >= 15 is 0 Å². The smallest absolute Gasteiger partial charge is 0.130 e. The van der Waals surface area contributed by atoms with Crippen LogP contribution in [0, 0.1) is 13.8 Å². The summed E-state index contributed by atoms with van der Waals surface area (Å²) >= 11 is 0. The van der Waals surface area contributed by atoms with Crippen LogP contribution in [0.5, 0.6) is 5.75 Å². The van der Waals surface area contributed by atoms with E-state index in [-0.39, 0.29) is 0 Å². The summed E-state index contributed by atoms with van der Waals surface area (Å²) in [4.78, 5) is 0. The van der Waals surface area contributed by atoms with Crippen molar-refractivity contribution < 1.29 is 4.74 Å². The van der Waals surface area contributed by atoms with Crippen LogP contribution in [0.15, 0.2) is 18.2 Å². The largest absolute Gasteiger partial charge is 0.492 e. The van der Waals surface area contributed by atoms with Crippen LogP contribution in [0.2, 0.25) is 0 Å². The number of aromatic nitrogens is 2. The predicted molar refractivity (Wildman–Crippen MR) is 76.6 cm³/mol. The lowest BCUT2D eigenvalue weighted by atomic mass is 10.00. The molecule has 3 rings (SSSR count). The molecule has 1 aromatic carbocycles. The number of benzene rings is 1. The van der Waals surface area contributed by atoms with Crippen LogP contribution in [-0.2, 0) is 13.0 Å². The van der Waals surface area contributed by atoms with E-state index in [0.717, 1.165) is 37.4 Å². The zero-order chi connectivity index (χ0) is 13.4. The molecule has 0 saturated carbocycles. The average Bonchev–Trinajstić information content (AvgIpc) is 2.96. The Balaban J connectivity index is 2.15. The van der Waals surface area contributed by atoms with Crippen LogP contribution < -0.4 is 4.74 Å². The van der Waals surface area contributed by atoms with Gasteiger partial charge in [0.05, 0.1) is 12.3 Å². The highest BCUT2D eigenvalue weighted by Crippen LogP contribution is 2.39. The first kappa shape index (κ1) is 12.3. The summed E-state index contributed by atoms with van der Waals surface area (Å²) in [5.41, 5.74) is 6.09. The van der Waals surface area contributed by atoms with Gasteiger partial charge < -0.3 is 4.74 Å². The lowest BCUT2D eigenvalue weighted by Gasteiger charge is -2.09. The summed E-state index contributed by atoms with van der Waals surface area (Å²) < 4.78 is 7.94. The second-order valence-corrected chi connectivity index (χ2v) is 5.16. The van der Waals surface area contributed by atoms with Gasteiger partial charge in [0, 0.05) is 29.8 Å². The van der Waals surface area contributed by atoms with E-state index in [1.807, 2.05) is 0 Å². The minimum absolute atomic E-state index is 0.799.